The zero-order chi connectivity index (χ0) is 21.1. The smallest absolute Gasteiger partial charge is 0.319 e. The summed E-state index contributed by atoms with van der Waals surface area (Å²) in [5, 5.41) is 5.36. The summed E-state index contributed by atoms with van der Waals surface area (Å²) in [4.78, 5) is 39.2. The molecule has 1 saturated heterocycles. The lowest BCUT2D eigenvalue weighted by Gasteiger charge is -2.29. The van der Waals surface area contributed by atoms with Gasteiger partial charge in [-0.3, -0.25) is 4.79 Å². The van der Waals surface area contributed by atoms with Crippen LogP contribution in [0.5, 0.6) is 0 Å². The molecule has 2 aromatic carbocycles. The van der Waals surface area contributed by atoms with Crippen molar-refractivity contribution in [3.63, 3.8) is 0 Å². The molecule has 2 N–H and O–H groups in total. The lowest BCUT2D eigenvalue weighted by molar-refractivity contribution is -0.428. The molecule has 0 spiro atoms. The molecule has 2 aliphatic rings. The first-order chi connectivity index (χ1) is 14.5. The first-order valence-corrected chi connectivity index (χ1v) is 10.2. The first kappa shape index (κ1) is 19.8. The summed E-state index contributed by atoms with van der Waals surface area (Å²) in [6.45, 7) is 2.09. The van der Waals surface area contributed by atoms with Crippen LogP contribution in [0.2, 0.25) is 0 Å². The number of amides is 2. The van der Waals surface area contributed by atoms with Gasteiger partial charge in [-0.15, -0.1) is 0 Å². The molecule has 0 aliphatic carbocycles. The average Bonchev–Trinajstić information content (AvgIpc) is 2.79. The van der Waals surface area contributed by atoms with E-state index in [0.717, 1.165) is 23.5 Å². The summed E-state index contributed by atoms with van der Waals surface area (Å²) in [6, 6.07) is 13.5. The third-order valence-corrected chi connectivity index (χ3v) is 5.63. The molecular weight excluding hydrogens is 380 g/mol. The van der Waals surface area contributed by atoms with Crippen LogP contribution >= 0.6 is 0 Å². The number of piperidine rings is 1. The van der Waals surface area contributed by atoms with E-state index in [9.17, 15) is 14.5 Å². The van der Waals surface area contributed by atoms with E-state index in [1.165, 1.54) is 32.5 Å². The number of nitroso groups, excluding NO2 is 1. The molecule has 7 nitrogen and oxygen atoms in total. The second kappa shape index (κ2) is 8.49. The molecule has 0 bridgehead atoms. The molecule has 30 heavy (non-hydrogen) atoms. The van der Waals surface area contributed by atoms with Crippen molar-refractivity contribution in [2.45, 2.75) is 25.3 Å². The number of nitrogens with zero attached hydrogens (tertiary/aromatic N) is 2. The highest BCUT2D eigenvalue weighted by Crippen LogP contribution is 2.29. The predicted octanol–water partition coefficient (Wildman–Crippen LogP) is 3.84. The largest absolute Gasteiger partial charge is 0.372 e. The minimum atomic E-state index is -0.632. The molecule has 2 amide bonds. The Balaban J connectivity index is 1.60. The number of rotatable bonds is 5. The van der Waals surface area contributed by atoms with E-state index >= 15 is 0 Å². The Morgan fingerprint density at radius 1 is 1.07 bits per heavy atom. The lowest BCUT2D eigenvalue weighted by Crippen LogP contribution is -2.42. The van der Waals surface area contributed by atoms with Gasteiger partial charge in [0.15, 0.2) is 12.8 Å². The maximum Gasteiger partial charge on any atom is 0.319 e. The van der Waals surface area contributed by atoms with Crippen molar-refractivity contribution in [2.24, 2.45) is 0 Å². The summed E-state index contributed by atoms with van der Waals surface area (Å²) >= 11 is 0. The summed E-state index contributed by atoms with van der Waals surface area (Å²) in [7, 11) is 1.41. The van der Waals surface area contributed by atoms with Gasteiger partial charge in [0.1, 0.15) is 0 Å². The Labute approximate surface area is 175 Å². The molecule has 154 valence electrons. The standard InChI is InChI=1S/C23H24N4O3/c1-26(30)19-7-5-6-17(14-19)21-20(15-24-23(29)25-21)22(28)16-8-10-18(11-9-16)27-12-3-2-4-13-27/h5-11,14-15,21H,2-4,12-13H2,1H3,(H-,24,25,28,29)/p+1. The molecule has 0 radical (unpaired) electrons. The zero-order valence-electron chi connectivity index (χ0n) is 16.9. The topological polar surface area (TPSA) is 81.5 Å². The van der Waals surface area contributed by atoms with Crippen LogP contribution in [0.4, 0.5) is 16.2 Å². The van der Waals surface area contributed by atoms with Crippen LogP contribution in [0.1, 0.15) is 41.2 Å². The maximum absolute atomic E-state index is 13.3. The number of hydrogen-bond acceptors (Lipinski definition) is 4. The Hall–Kier alpha value is -3.48. The molecule has 7 heteroatoms. The number of nitrogens with one attached hydrogen (secondary N) is 2. The average molecular weight is 405 g/mol. The van der Waals surface area contributed by atoms with Gasteiger partial charge in [0, 0.05) is 57.9 Å². The van der Waals surface area contributed by atoms with Crippen molar-refractivity contribution in [1.29, 1.82) is 0 Å². The van der Waals surface area contributed by atoms with E-state index in [1.54, 1.807) is 24.3 Å². The molecule has 2 aliphatic heterocycles. The van der Waals surface area contributed by atoms with Crippen LogP contribution in [0.15, 0.2) is 60.3 Å². The minimum Gasteiger partial charge on any atom is -0.372 e. The Morgan fingerprint density at radius 3 is 2.50 bits per heavy atom. The highest BCUT2D eigenvalue weighted by Gasteiger charge is 2.29. The van der Waals surface area contributed by atoms with Gasteiger partial charge in [-0.1, -0.05) is 12.1 Å². The Morgan fingerprint density at radius 2 is 1.80 bits per heavy atom. The number of anilines is 1. The SMILES string of the molecule is C[N+](=O)c1cccc(C2NC(=O)NC=C2C(=O)c2ccc(N3CCCCC3)cc2)c1. The van der Waals surface area contributed by atoms with Crippen molar-refractivity contribution in [2.75, 3.05) is 25.0 Å². The van der Waals surface area contributed by atoms with Crippen molar-refractivity contribution in [3.05, 3.63) is 76.3 Å². The fourth-order valence-electron chi connectivity index (χ4n) is 3.98. The lowest BCUT2D eigenvalue weighted by atomic mass is 9.91. The van der Waals surface area contributed by atoms with Crippen LogP contribution in [0.25, 0.3) is 0 Å². The number of hydrogen-bond donors (Lipinski definition) is 2. The quantitative estimate of drug-likeness (QED) is 0.585. The number of ketones is 1. The fourth-order valence-corrected chi connectivity index (χ4v) is 3.98. The number of carbonyl (C=O) groups excluding carboxylic acids is 2. The summed E-state index contributed by atoms with van der Waals surface area (Å²) in [5.41, 5.74) is 3.23. The monoisotopic (exact) mass is 405 g/mol. The molecular formula is C23H25N4O3+. The van der Waals surface area contributed by atoms with Crippen LogP contribution < -0.4 is 15.5 Å². The second-order valence-corrected chi connectivity index (χ2v) is 7.67. The second-order valence-electron chi connectivity index (χ2n) is 7.67. The van der Waals surface area contributed by atoms with E-state index in [0.29, 0.717) is 22.4 Å². The maximum atomic E-state index is 13.3. The molecule has 1 fully saturated rings. The fraction of sp³-hybridized carbons (Fsp3) is 0.304. The van der Waals surface area contributed by atoms with Crippen LogP contribution in [-0.2, 0) is 0 Å². The molecule has 2 aromatic rings. The third kappa shape index (κ3) is 4.10. The Kier molecular flexibility index (Phi) is 5.61. The summed E-state index contributed by atoms with van der Waals surface area (Å²) in [5.74, 6) is -0.168. The van der Waals surface area contributed by atoms with Gasteiger partial charge in [-0.2, -0.15) is 0 Å². The van der Waals surface area contributed by atoms with E-state index in [4.69, 9.17) is 0 Å². The van der Waals surface area contributed by atoms with Gasteiger partial charge < -0.3 is 15.5 Å². The predicted molar refractivity (Wildman–Crippen MR) is 115 cm³/mol. The highest BCUT2D eigenvalue weighted by atomic mass is 16.3. The summed E-state index contributed by atoms with van der Waals surface area (Å²) < 4.78 is 0.747. The van der Waals surface area contributed by atoms with Gasteiger partial charge in [-0.25, -0.2) is 4.79 Å². The van der Waals surface area contributed by atoms with Crippen molar-refractivity contribution < 1.29 is 14.3 Å². The van der Waals surface area contributed by atoms with Crippen LogP contribution in [0.3, 0.4) is 0 Å². The first-order valence-electron chi connectivity index (χ1n) is 10.2. The summed E-state index contributed by atoms with van der Waals surface area (Å²) in [6.07, 6.45) is 5.11. The molecule has 0 aromatic heterocycles. The third-order valence-electron chi connectivity index (χ3n) is 5.63. The van der Waals surface area contributed by atoms with Gasteiger partial charge in [-0.05, 0) is 49.1 Å². The van der Waals surface area contributed by atoms with E-state index in [1.807, 2.05) is 24.3 Å². The minimum absolute atomic E-state index is 0.168. The van der Waals surface area contributed by atoms with E-state index < -0.39 is 12.1 Å². The number of benzene rings is 2. The molecule has 1 unspecified atom stereocenters. The van der Waals surface area contributed by atoms with E-state index in [-0.39, 0.29) is 5.78 Å². The van der Waals surface area contributed by atoms with Crippen LogP contribution in [0, 0.1) is 4.91 Å². The van der Waals surface area contributed by atoms with Gasteiger partial charge in [0.25, 0.3) is 5.69 Å². The van der Waals surface area contributed by atoms with E-state index in [2.05, 4.69) is 15.5 Å². The molecule has 0 saturated carbocycles. The normalized spacial score (nSPS) is 18.8. The molecule has 1 atom stereocenters. The number of carbonyl (C=O) groups is 2. The van der Waals surface area contributed by atoms with Gasteiger partial charge >= 0.3 is 6.03 Å². The number of Topliss-reactive ketones (excluding diaryl/α,β-unsaturated/α-hetero) is 1. The Bertz CT molecular complexity index is 1010. The number of urea groups is 1. The van der Waals surface area contributed by atoms with Crippen molar-refractivity contribution in [3.8, 4) is 0 Å². The van der Waals surface area contributed by atoms with Crippen molar-refractivity contribution in [1.82, 2.24) is 10.6 Å². The molecule has 2 heterocycles. The van der Waals surface area contributed by atoms with Crippen LogP contribution in [-0.4, -0.2) is 36.7 Å². The zero-order valence-corrected chi connectivity index (χ0v) is 16.9. The van der Waals surface area contributed by atoms with Crippen molar-refractivity contribution >= 4 is 23.2 Å². The molecule has 4 rings (SSSR count). The van der Waals surface area contributed by atoms with Gasteiger partial charge in [0.05, 0.1) is 6.04 Å². The highest BCUT2D eigenvalue weighted by molar-refractivity contribution is 6.10. The van der Waals surface area contributed by atoms with Gasteiger partial charge in [0.2, 0.25) is 0 Å².